The van der Waals surface area contributed by atoms with Crippen molar-refractivity contribution in [2.45, 2.75) is 33.1 Å². The number of para-hydroxylation sites is 1. The molecule has 3 aromatic rings. The summed E-state index contributed by atoms with van der Waals surface area (Å²) in [6.07, 6.45) is 3.92. The van der Waals surface area contributed by atoms with Crippen LogP contribution in [-0.4, -0.2) is 34.7 Å². The molecule has 0 spiro atoms. The Kier molecular flexibility index (Phi) is 5.47. The number of rotatable bonds is 5. The van der Waals surface area contributed by atoms with Gasteiger partial charge in [0, 0.05) is 37.0 Å². The second-order valence-electron chi connectivity index (χ2n) is 8.24. The predicted molar refractivity (Wildman–Crippen MR) is 113 cm³/mol. The zero-order valence-electron chi connectivity index (χ0n) is 16.9. The van der Waals surface area contributed by atoms with Crippen molar-refractivity contribution in [3.05, 3.63) is 54.2 Å². The number of nitrogens with zero attached hydrogens (tertiary/aromatic N) is 2. The molecule has 0 aliphatic carbocycles. The number of carbonyl (C=O) groups is 2. The van der Waals surface area contributed by atoms with Crippen molar-refractivity contribution in [3.63, 3.8) is 0 Å². The third kappa shape index (κ3) is 4.24. The lowest BCUT2D eigenvalue weighted by Gasteiger charge is -2.32. The number of hydrogen-bond acceptors (Lipinski definition) is 4. The number of benzene rings is 1. The quantitative estimate of drug-likeness (QED) is 0.617. The Morgan fingerprint density at radius 3 is 2.76 bits per heavy atom. The normalized spacial score (nSPS) is 17.1. The van der Waals surface area contributed by atoms with Crippen molar-refractivity contribution < 1.29 is 14.0 Å². The highest BCUT2D eigenvalue weighted by Gasteiger charge is 2.29. The molecule has 0 saturated carbocycles. The molecule has 5 nitrogen and oxygen atoms in total. The Hall–Kier alpha value is -2.95. The number of hydrogen-bond donors (Lipinski definition) is 0. The number of carbonyl (C=O) groups excluding carboxylic acids is 2. The zero-order chi connectivity index (χ0) is 20.4. The summed E-state index contributed by atoms with van der Waals surface area (Å²) in [5.41, 5.74) is 2.05. The first kappa shape index (κ1) is 19.4. The van der Waals surface area contributed by atoms with Crippen LogP contribution in [0.1, 0.15) is 43.5 Å². The van der Waals surface area contributed by atoms with Gasteiger partial charge in [-0.2, -0.15) is 0 Å². The number of aromatic nitrogens is 1. The minimum Gasteiger partial charge on any atom is -0.454 e. The van der Waals surface area contributed by atoms with Crippen molar-refractivity contribution >= 4 is 22.7 Å². The molecule has 4 rings (SSSR count). The van der Waals surface area contributed by atoms with Crippen LogP contribution in [0.4, 0.5) is 0 Å². The number of amides is 1. The first-order chi connectivity index (χ1) is 14.0. The Balaban J connectivity index is 1.47. The number of pyridine rings is 1. The maximum atomic E-state index is 12.9. The smallest absolute Gasteiger partial charge is 0.255 e. The minimum absolute atomic E-state index is 0.0436. The number of Topliss-reactive ketones (excluding diaryl/α,β-unsaturated/α-hetero) is 1. The van der Waals surface area contributed by atoms with Crippen LogP contribution in [0.25, 0.3) is 22.4 Å². The third-order valence-corrected chi connectivity index (χ3v) is 5.46. The van der Waals surface area contributed by atoms with E-state index in [2.05, 4.69) is 18.8 Å². The molecule has 0 bridgehead atoms. The molecular weight excluding hydrogens is 364 g/mol. The molecule has 1 aromatic carbocycles. The molecule has 5 heteroatoms. The van der Waals surface area contributed by atoms with E-state index >= 15 is 0 Å². The molecule has 0 radical (unpaired) electrons. The van der Waals surface area contributed by atoms with E-state index in [0.29, 0.717) is 42.4 Å². The van der Waals surface area contributed by atoms with Gasteiger partial charge in [0.2, 0.25) is 0 Å². The number of ketones is 1. The van der Waals surface area contributed by atoms with Gasteiger partial charge in [-0.25, -0.2) is 0 Å². The number of fused-ring (bicyclic) bond motifs is 1. The van der Waals surface area contributed by atoms with Gasteiger partial charge in [-0.3, -0.25) is 14.6 Å². The van der Waals surface area contributed by atoms with Crippen molar-refractivity contribution in [3.8, 4) is 11.5 Å². The second-order valence-corrected chi connectivity index (χ2v) is 8.24. The number of furan rings is 1. The van der Waals surface area contributed by atoms with E-state index in [9.17, 15) is 9.59 Å². The molecular formula is C24H26N2O3. The Morgan fingerprint density at radius 1 is 1.21 bits per heavy atom. The number of likely N-dealkylation sites (tertiary alicyclic amines) is 1. The topological polar surface area (TPSA) is 63.4 Å². The first-order valence-corrected chi connectivity index (χ1v) is 10.3. The molecule has 1 amide bonds. The van der Waals surface area contributed by atoms with Crippen LogP contribution in [0.15, 0.2) is 53.1 Å². The van der Waals surface area contributed by atoms with E-state index in [-0.39, 0.29) is 17.6 Å². The fourth-order valence-corrected chi connectivity index (χ4v) is 3.95. The van der Waals surface area contributed by atoms with Gasteiger partial charge < -0.3 is 9.32 Å². The van der Waals surface area contributed by atoms with Crippen LogP contribution in [0.2, 0.25) is 0 Å². The molecule has 0 N–H and O–H groups in total. The summed E-state index contributed by atoms with van der Waals surface area (Å²) in [4.78, 5) is 31.6. The monoisotopic (exact) mass is 390 g/mol. The molecule has 29 heavy (non-hydrogen) atoms. The predicted octanol–water partition coefficient (Wildman–Crippen LogP) is 4.96. The van der Waals surface area contributed by atoms with E-state index in [4.69, 9.17) is 4.42 Å². The summed E-state index contributed by atoms with van der Waals surface area (Å²) >= 11 is 0. The van der Waals surface area contributed by atoms with Gasteiger partial charge in [-0.05, 0) is 43.0 Å². The summed E-state index contributed by atoms with van der Waals surface area (Å²) in [5.74, 6) is 1.20. The fraction of sp³-hybridized carbons (Fsp3) is 0.375. The largest absolute Gasteiger partial charge is 0.454 e. The summed E-state index contributed by atoms with van der Waals surface area (Å²) in [6.45, 7) is 5.31. The lowest BCUT2D eigenvalue weighted by molar-refractivity contribution is -0.124. The van der Waals surface area contributed by atoms with E-state index < -0.39 is 0 Å². The van der Waals surface area contributed by atoms with Crippen molar-refractivity contribution in [1.82, 2.24) is 9.88 Å². The Bertz CT molecular complexity index is 987. The third-order valence-electron chi connectivity index (χ3n) is 5.46. The highest BCUT2D eigenvalue weighted by molar-refractivity contribution is 5.95. The standard InChI is InChI=1S/C24H26N2O3/c1-16(2)12-21(27)19-7-5-11-26(15-19)24(28)18-9-10-20(25-14-18)23-13-17-6-3-4-8-22(17)29-23/h3-4,6,8-10,13-14,16,19H,5,7,11-12,15H2,1-2H3/t19-/m1/s1. The van der Waals surface area contributed by atoms with Crippen LogP contribution in [0.3, 0.4) is 0 Å². The highest BCUT2D eigenvalue weighted by atomic mass is 16.3. The lowest BCUT2D eigenvalue weighted by Crippen LogP contribution is -2.42. The molecule has 2 aromatic heterocycles. The Labute approximate surface area is 170 Å². The molecule has 1 saturated heterocycles. The van der Waals surface area contributed by atoms with Gasteiger partial charge in [0.15, 0.2) is 5.76 Å². The van der Waals surface area contributed by atoms with Crippen molar-refractivity contribution in [2.24, 2.45) is 11.8 Å². The van der Waals surface area contributed by atoms with Crippen molar-refractivity contribution in [1.29, 1.82) is 0 Å². The van der Waals surface area contributed by atoms with E-state index in [1.54, 1.807) is 17.2 Å². The first-order valence-electron chi connectivity index (χ1n) is 10.3. The average molecular weight is 390 g/mol. The van der Waals surface area contributed by atoms with Crippen LogP contribution in [0.5, 0.6) is 0 Å². The van der Waals surface area contributed by atoms with Gasteiger partial charge in [-0.1, -0.05) is 32.0 Å². The van der Waals surface area contributed by atoms with E-state index in [1.807, 2.05) is 36.4 Å². The fourth-order valence-electron chi connectivity index (χ4n) is 3.95. The SMILES string of the molecule is CC(C)CC(=O)[C@@H]1CCCN(C(=O)c2ccc(-c3cc4ccccc4o3)nc2)C1. The van der Waals surface area contributed by atoms with Gasteiger partial charge in [0.05, 0.1) is 5.56 Å². The summed E-state index contributed by atoms with van der Waals surface area (Å²) in [7, 11) is 0. The molecule has 1 fully saturated rings. The minimum atomic E-state index is -0.0595. The second kappa shape index (κ2) is 8.19. The lowest BCUT2D eigenvalue weighted by atomic mass is 9.89. The molecule has 0 unspecified atom stereocenters. The zero-order valence-corrected chi connectivity index (χ0v) is 16.9. The van der Waals surface area contributed by atoms with E-state index in [1.165, 1.54) is 0 Å². The van der Waals surface area contributed by atoms with Crippen LogP contribution < -0.4 is 0 Å². The van der Waals surface area contributed by atoms with Crippen molar-refractivity contribution in [2.75, 3.05) is 13.1 Å². The number of piperidine rings is 1. The molecule has 1 aliphatic rings. The summed E-state index contributed by atoms with van der Waals surface area (Å²) < 4.78 is 5.85. The summed E-state index contributed by atoms with van der Waals surface area (Å²) in [6, 6.07) is 13.4. The Morgan fingerprint density at radius 2 is 2.03 bits per heavy atom. The van der Waals surface area contributed by atoms with Gasteiger partial charge in [-0.15, -0.1) is 0 Å². The summed E-state index contributed by atoms with van der Waals surface area (Å²) in [5, 5.41) is 1.02. The maximum absolute atomic E-state index is 12.9. The van der Waals surface area contributed by atoms with Gasteiger partial charge in [0.1, 0.15) is 17.1 Å². The molecule has 1 aliphatic heterocycles. The van der Waals surface area contributed by atoms with Crippen LogP contribution in [-0.2, 0) is 4.79 Å². The highest BCUT2D eigenvalue weighted by Crippen LogP contribution is 2.27. The van der Waals surface area contributed by atoms with E-state index in [0.717, 1.165) is 23.8 Å². The molecule has 150 valence electrons. The van der Waals surface area contributed by atoms with Gasteiger partial charge in [0.25, 0.3) is 5.91 Å². The average Bonchev–Trinajstić information content (AvgIpc) is 3.17. The van der Waals surface area contributed by atoms with Crippen LogP contribution >= 0.6 is 0 Å². The molecule has 1 atom stereocenters. The molecule has 3 heterocycles. The maximum Gasteiger partial charge on any atom is 0.255 e. The van der Waals surface area contributed by atoms with Gasteiger partial charge >= 0.3 is 0 Å². The van der Waals surface area contributed by atoms with Crippen LogP contribution in [0, 0.1) is 11.8 Å².